The topological polar surface area (TPSA) is 62.7 Å². The number of carboxylic acids is 1. The SMILES string of the molecule is CCC1CN(Cc2csc(C(=O)O)n2)CCO1. The highest BCUT2D eigenvalue weighted by molar-refractivity contribution is 7.11. The van der Waals surface area contributed by atoms with E-state index in [1.54, 1.807) is 0 Å². The van der Waals surface area contributed by atoms with Gasteiger partial charge in [0.25, 0.3) is 0 Å². The molecule has 0 aliphatic carbocycles. The number of hydrogen-bond acceptors (Lipinski definition) is 5. The Kier molecular flexibility index (Phi) is 4.09. The van der Waals surface area contributed by atoms with Gasteiger partial charge in [0.2, 0.25) is 5.01 Å². The van der Waals surface area contributed by atoms with Crippen molar-refractivity contribution >= 4 is 17.3 Å². The van der Waals surface area contributed by atoms with Gasteiger partial charge in [-0.25, -0.2) is 9.78 Å². The maximum absolute atomic E-state index is 10.7. The maximum Gasteiger partial charge on any atom is 0.365 e. The normalized spacial score (nSPS) is 21.6. The first-order valence-electron chi connectivity index (χ1n) is 5.70. The molecule has 2 rings (SSSR count). The minimum absolute atomic E-state index is 0.167. The molecule has 1 atom stereocenters. The molecular weight excluding hydrogens is 240 g/mol. The number of nitrogens with zero attached hydrogens (tertiary/aromatic N) is 2. The molecule has 6 heteroatoms. The van der Waals surface area contributed by atoms with Gasteiger partial charge in [0.15, 0.2) is 0 Å². The molecule has 0 radical (unpaired) electrons. The third-order valence-corrected chi connectivity index (χ3v) is 3.68. The van der Waals surface area contributed by atoms with Gasteiger partial charge in [-0.1, -0.05) is 6.92 Å². The van der Waals surface area contributed by atoms with E-state index in [1.807, 2.05) is 5.38 Å². The molecule has 94 valence electrons. The second-order valence-corrected chi connectivity index (χ2v) is 4.94. The molecule has 2 heterocycles. The average molecular weight is 256 g/mol. The largest absolute Gasteiger partial charge is 0.476 e. The summed E-state index contributed by atoms with van der Waals surface area (Å²) >= 11 is 1.18. The molecule has 5 nitrogen and oxygen atoms in total. The molecule has 17 heavy (non-hydrogen) atoms. The van der Waals surface area contributed by atoms with E-state index in [4.69, 9.17) is 9.84 Å². The summed E-state index contributed by atoms with van der Waals surface area (Å²) in [7, 11) is 0. The highest BCUT2D eigenvalue weighted by Gasteiger charge is 2.20. The summed E-state index contributed by atoms with van der Waals surface area (Å²) in [5, 5.41) is 10.8. The third-order valence-electron chi connectivity index (χ3n) is 2.80. The number of hydrogen-bond donors (Lipinski definition) is 1. The highest BCUT2D eigenvalue weighted by Crippen LogP contribution is 2.15. The molecule has 1 aromatic heterocycles. The lowest BCUT2D eigenvalue weighted by molar-refractivity contribution is -0.0327. The fourth-order valence-corrected chi connectivity index (χ4v) is 2.52. The predicted octanol–water partition coefficient (Wildman–Crippen LogP) is 1.45. The second kappa shape index (κ2) is 5.57. The summed E-state index contributed by atoms with van der Waals surface area (Å²) in [6, 6.07) is 0. The summed E-state index contributed by atoms with van der Waals surface area (Å²) in [5.74, 6) is -0.949. The van der Waals surface area contributed by atoms with Crippen molar-refractivity contribution in [1.29, 1.82) is 0 Å². The molecule has 1 aliphatic rings. The van der Waals surface area contributed by atoms with Crippen molar-refractivity contribution in [2.45, 2.75) is 26.0 Å². The first kappa shape index (κ1) is 12.5. The van der Waals surface area contributed by atoms with Crippen molar-refractivity contribution in [2.75, 3.05) is 19.7 Å². The monoisotopic (exact) mass is 256 g/mol. The lowest BCUT2D eigenvalue weighted by Crippen LogP contribution is -2.41. The van der Waals surface area contributed by atoms with Crippen LogP contribution in [0.3, 0.4) is 0 Å². The zero-order chi connectivity index (χ0) is 12.3. The Morgan fingerprint density at radius 2 is 2.59 bits per heavy atom. The fourth-order valence-electron chi connectivity index (χ4n) is 1.88. The van der Waals surface area contributed by atoms with Crippen LogP contribution >= 0.6 is 11.3 Å². The molecule has 0 saturated carbocycles. The molecule has 0 bridgehead atoms. The van der Waals surface area contributed by atoms with Gasteiger partial charge in [-0.3, -0.25) is 4.90 Å². The van der Waals surface area contributed by atoms with Crippen LogP contribution in [0.2, 0.25) is 0 Å². The van der Waals surface area contributed by atoms with E-state index in [2.05, 4.69) is 16.8 Å². The molecule has 0 spiro atoms. The Balaban J connectivity index is 1.93. The molecule has 1 saturated heterocycles. The van der Waals surface area contributed by atoms with E-state index in [0.717, 1.165) is 31.8 Å². The summed E-state index contributed by atoms with van der Waals surface area (Å²) in [6.45, 7) is 5.35. The quantitative estimate of drug-likeness (QED) is 0.883. The van der Waals surface area contributed by atoms with Crippen LogP contribution in [0.4, 0.5) is 0 Å². The van der Waals surface area contributed by atoms with Gasteiger partial charge in [-0.2, -0.15) is 0 Å². The Morgan fingerprint density at radius 1 is 1.76 bits per heavy atom. The van der Waals surface area contributed by atoms with E-state index in [-0.39, 0.29) is 5.01 Å². The minimum Gasteiger partial charge on any atom is -0.476 e. The molecule has 1 aliphatic heterocycles. The van der Waals surface area contributed by atoms with Crippen molar-refractivity contribution < 1.29 is 14.6 Å². The van der Waals surface area contributed by atoms with Crippen molar-refractivity contribution in [1.82, 2.24) is 9.88 Å². The van der Waals surface area contributed by atoms with Crippen LogP contribution in [0.1, 0.15) is 28.8 Å². The van der Waals surface area contributed by atoms with Gasteiger partial charge < -0.3 is 9.84 Å². The second-order valence-electron chi connectivity index (χ2n) is 4.09. The first-order valence-corrected chi connectivity index (χ1v) is 6.58. The van der Waals surface area contributed by atoms with Crippen LogP contribution in [-0.2, 0) is 11.3 Å². The predicted molar refractivity (Wildman–Crippen MR) is 64.4 cm³/mol. The molecular formula is C11H16N2O3S. The maximum atomic E-state index is 10.7. The van der Waals surface area contributed by atoms with Crippen LogP contribution in [0.25, 0.3) is 0 Å². The van der Waals surface area contributed by atoms with Crippen LogP contribution in [-0.4, -0.2) is 46.8 Å². The van der Waals surface area contributed by atoms with Crippen molar-refractivity contribution in [3.05, 3.63) is 16.1 Å². The van der Waals surface area contributed by atoms with E-state index in [9.17, 15) is 4.79 Å². The van der Waals surface area contributed by atoms with Gasteiger partial charge in [0.05, 0.1) is 18.4 Å². The molecule has 0 amide bonds. The number of aromatic carboxylic acids is 1. The molecule has 1 N–H and O–H groups in total. The summed E-state index contributed by atoms with van der Waals surface area (Å²) in [6.07, 6.45) is 1.30. The minimum atomic E-state index is -0.949. The van der Waals surface area contributed by atoms with Crippen LogP contribution in [0.15, 0.2) is 5.38 Å². The number of carbonyl (C=O) groups is 1. The molecule has 1 aromatic rings. The highest BCUT2D eigenvalue weighted by atomic mass is 32.1. The summed E-state index contributed by atoms with van der Waals surface area (Å²) in [4.78, 5) is 17.1. The standard InChI is InChI=1S/C11H16N2O3S/c1-2-9-6-13(3-4-16-9)5-8-7-17-10(12-8)11(14)15/h7,9H,2-6H2,1H3,(H,14,15). The van der Waals surface area contributed by atoms with Gasteiger partial charge in [0, 0.05) is 25.0 Å². The van der Waals surface area contributed by atoms with Crippen LogP contribution in [0, 0.1) is 0 Å². The Bertz CT molecular complexity index is 394. The first-order chi connectivity index (χ1) is 8.19. The molecule has 1 unspecified atom stereocenters. The Morgan fingerprint density at radius 3 is 3.24 bits per heavy atom. The smallest absolute Gasteiger partial charge is 0.365 e. The van der Waals surface area contributed by atoms with E-state index in [0.29, 0.717) is 12.6 Å². The lowest BCUT2D eigenvalue weighted by atomic mass is 10.2. The van der Waals surface area contributed by atoms with Gasteiger partial charge in [0.1, 0.15) is 0 Å². The fraction of sp³-hybridized carbons (Fsp3) is 0.636. The summed E-state index contributed by atoms with van der Waals surface area (Å²) < 4.78 is 5.58. The van der Waals surface area contributed by atoms with Gasteiger partial charge in [-0.05, 0) is 6.42 Å². The number of aromatic nitrogens is 1. The number of rotatable bonds is 4. The Labute approximate surface area is 104 Å². The van der Waals surface area contributed by atoms with Gasteiger partial charge in [-0.15, -0.1) is 11.3 Å². The van der Waals surface area contributed by atoms with Crippen molar-refractivity contribution in [3.63, 3.8) is 0 Å². The number of thiazole rings is 1. The van der Waals surface area contributed by atoms with E-state index >= 15 is 0 Å². The number of ether oxygens (including phenoxy) is 1. The number of morpholine rings is 1. The van der Waals surface area contributed by atoms with Crippen molar-refractivity contribution in [3.8, 4) is 0 Å². The third kappa shape index (κ3) is 3.24. The average Bonchev–Trinajstić information content (AvgIpc) is 2.78. The number of carboxylic acid groups (broad SMARTS) is 1. The zero-order valence-corrected chi connectivity index (χ0v) is 10.6. The summed E-state index contributed by atoms with van der Waals surface area (Å²) in [5.41, 5.74) is 0.837. The van der Waals surface area contributed by atoms with Crippen LogP contribution in [0.5, 0.6) is 0 Å². The zero-order valence-electron chi connectivity index (χ0n) is 9.76. The van der Waals surface area contributed by atoms with E-state index < -0.39 is 5.97 Å². The molecule has 0 aromatic carbocycles. The van der Waals surface area contributed by atoms with Crippen molar-refractivity contribution in [2.24, 2.45) is 0 Å². The lowest BCUT2D eigenvalue weighted by Gasteiger charge is -2.31. The Hall–Kier alpha value is -0.980. The van der Waals surface area contributed by atoms with E-state index in [1.165, 1.54) is 11.3 Å². The van der Waals surface area contributed by atoms with Crippen LogP contribution < -0.4 is 0 Å². The van der Waals surface area contributed by atoms with Gasteiger partial charge >= 0.3 is 5.97 Å². The molecule has 1 fully saturated rings.